The smallest absolute Gasteiger partial charge is 0.410 e. The zero-order valence-electron chi connectivity index (χ0n) is 12.8. The first-order chi connectivity index (χ1) is 8.89. The first-order valence-electron chi connectivity index (χ1n) is 7.61. The summed E-state index contributed by atoms with van der Waals surface area (Å²) in [6.07, 6.45) is 3.73. The first-order valence-corrected chi connectivity index (χ1v) is 7.61. The van der Waals surface area contributed by atoms with Gasteiger partial charge in [0.05, 0.1) is 0 Å². The maximum absolute atomic E-state index is 12.1. The van der Waals surface area contributed by atoms with E-state index in [0.717, 1.165) is 32.0 Å². The zero-order valence-corrected chi connectivity index (χ0v) is 12.8. The van der Waals surface area contributed by atoms with Crippen LogP contribution >= 0.6 is 0 Å². The SMILES string of the molecule is CC[C@H]1CN(C(=O)OC(C)(C)C)CCN1CC1CC1. The summed E-state index contributed by atoms with van der Waals surface area (Å²) in [5.41, 5.74) is -0.399. The van der Waals surface area contributed by atoms with E-state index in [1.807, 2.05) is 25.7 Å². The quantitative estimate of drug-likeness (QED) is 0.789. The third-order valence-corrected chi connectivity index (χ3v) is 3.92. The van der Waals surface area contributed by atoms with Crippen LogP contribution in [0, 0.1) is 5.92 Å². The Morgan fingerprint density at radius 3 is 2.47 bits per heavy atom. The first kappa shape index (κ1) is 14.6. The summed E-state index contributed by atoms with van der Waals surface area (Å²) in [6.45, 7) is 11.8. The van der Waals surface area contributed by atoms with Crippen molar-refractivity contribution in [2.24, 2.45) is 5.92 Å². The molecule has 1 saturated heterocycles. The van der Waals surface area contributed by atoms with Crippen molar-refractivity contribution in [2.45, 2.75) is 58.6 Å². The van der Waals surface area contributed by atoms with E-state index in [-0.39, 0.29) is 6.09 Å². The Kier molecular flexibility index (Phi) is 4.39. The molecule has 1 aliphatic heterocycles. The summed E-state index contributed by atoms with van der Waals surface area (Å²) in [5.74, 6) is 0.919. The van der Waals surface area contributed by atoms with Gasteiger partial charge in [-0.3, -0.25) is 4.90 Å². The lowest BCUT2D eigenvalue weighted by Crippen LogP contribution is -2.55. The molecule has 2 rings (SSSR count). The van der Waals surface area contributed by atoms with Crippen LogP contribution in [-0.2, 0) is 4.74 Å². The number of amides is 1. The second-order valence-electron chi connectivity index (χ2n) is 6.93. The molecule has 110 valence electrons. The number of rotatable bonds is 3. The molecule has 4 nitrogen and oxygen atoms in total. The van der Waals surface area contributed by atoms with Crippen molar-refractivity contribution in [1.29, 1.82) is 0 Å². The maximum atomic E-state index is 12.1. The number of hydrogen-bond acceptors (Lipinski definition) is 3. The molecule has 0 N–H and O–H groups in total. The Hall–Kier alpha value is -0.770. The van der Waals surface area contributed by atoms with Crippen molar-refractivity contribution >= 4 is 6.09 Å². The molecule has 0 aromatic carbocycles. The molecule has 0 aromatic rings. The minimum Gasteiger partial charge on any atom is -0.444 e. The van der Waals surface area contributed by atoms with E-state index < -0.39 is 5.60 Å². The van der Waals surface area contributed by atoms with E-state index >= 15 is 0 Å². The monoisotopic (exact) mass is 268 g/mol. The van der Waals surface area contributed by atoms with E-state index in [0.29, 0.717) is 6.04 Å². The molecule has 19 heavy (non-hydrogen) atoms. The van der Waals surface area contributed by atoms with Gasteiger partial charge < -0.3 is 9.64 Å². The second kappa shape index (κ2) is 5.70. The lowest BCUT2D eigenvalue weighted by Gasteiger charge is -2.41. The van der Waals surface area contributed by atoms with Gasteiger partial charge in [-0.15, -0.1) is 0 Å². The molecule has 2 aliphatic rings. The Morgan fingerprint density at radius 1 is 1.26 bits per heavy atom. The topological polar surface area (TPSA) is 32.8 Å². The van der Waals surface area contributed by atoms with Gasteiger partial charge in [0, 0.05) is 32.2 Å². The molecule has 1 heterocycles. The highest BCUT2D eigenvalue weighted by atomic mass is 16.6. The van der Waals surface area contributed by atoms with Crippen LogP contribution in [0.15, 0.2) is 0 Å². The van der Waals surface area contributed by atoms with Gasteiger partial charge in [-0.1, -0.05) is 6.92 Å². The number of carbonyl (C=O) groups excluding carboxylic acids is 1. The molecule has 1 aliphatic carbocycles. The minimum atomic E-state index is -0.399. The molecular formula is C15H28N2O2. The van der Waals surface area contributed by atoms with Crippen LogP contribution in [0.4, 0.5) is 4.79 Å². The average molecular weight is 268 g/mol. The molecule has 0 unspecified atom stereocenters. The third-order valence-electron chi connectivity index (χ3n) is 3.92. The van der Waals surface area contributed by atoms with E-state index in [1.54, 1.807) is 0 Å². The van der Waals surface area contributed by atoms with Gasteiger partial charge in [0.15, 0.2) is 0 Å². The van der Waals surface area contributed by atoms with Crippen molar-refractivity contribution in [3.8, 4) is 0 Å². The standard InChI is InChI=1S/C15H28N2O2/c1-5-13-11-17(14(18)19-15(2,3)4)9-8-16(13)10-12-6-7-12/h12-13H,5-11H2,1-4H3/t13-/m0/s1. The van der Waals surface area contributed by atoms with Gasteiger partial charge in [0.1, 0.15) is 5.60 Å². The fraction of sp³-hybridized carbons (Fsp3) is 0.933. The lowest BCUT2D eigenvalue weighted by molar-refractivity contribution is 0.00263. The summed E-state index contributed by atoms with van der Waals surface area (Å²) in [4.78, 5) is 16.5. The predicted octanol–water partition coefficient (Wildman–Crippen LogP) is 2.73. The summed E-state index contributed by atoms with van der Waals surface area (Å²) in [5, 5.41) is 0. The number of hydrogen-bond donors (Lipinski definition) is 0. The molecule has 1 atom stereocenters. The zero-order chi connectivity index (χ0) is 14.0. The van der Waals surface area contributed by atoms with Gasteiger partial charge in [-0.05, 0) is 46.0 Å². The molecule has 1 saturated carbocycles. The van der Waals surface area contributed by atoms with Crippen LogP contribution in [0.2, 0.25) is 0 Å². The highest BCUT2D eigenvalue weighted by Crippen LogP contribution is 2.31. The molecule has 4 heteroatoms. The maximum Gasteiger partial charge on any atom is 0.410 e. The molecule has 0 bridgehead atoms. The Bertz CT molecular complexity index is 321. The van der Waals surface area contributed by atoms with Crippen LogP contribution < -0.4 is 0 Å². The van der Waals surface area contributed by atoms with Crippen molar-refractivity contribution in [3.05, 3.63) is 0 Å². The summed E-state index contributed by atoms with van der Waals surface area (Å²) < 4.78 is 5.47. The van der Waals surface area contributed by atoms with Crippen molar-refractivity contribution in [1.82, 2.24) is 9.80 Å². The van der Waals surface area contributed by atoms with Crippen LogP contribution in [0.1, 0.15) is 47.0 Å². The summed E-state index contributed by atoms with van der Waals surface area (Å²) in [6, 6.07) is 0.502. The van der Waals surface area contributed by atoms with Gasteiger partial charge in [0.25, 0.3) is 0 Å². The van der Waals surface area contributed by atoms with E-state index in [4.69, 9.17) is 4.74 Å². The third kappa shape index (κ3) is 4.37. The number of ether oxygens (including phenoxy) is 1. The van der Waals surface area contributed by atoms with Gasteiger partial charge >= 0.3 is 6.09 Å². The van der Waals surface area contributed by atoms with Gasteiger partial charge in [-0.25, -0.2) is 4.79 Å². The predicted molar refractivity (Wildman–Crippen MR) is 76.2 cm³/mol. The Labute approximate surface area is 117 Å². The fourth-order valence-corrected chi connectivity index (χ4v) is 2.64. The molecule has 1 amide bonds. The van der Waals surface area contributed by atoms with Gasteiger partial charge in [0.2, 0.25) is 0 Å². The number of nitrogens with zero attached hydrogens (tertiary/aromatic N) is 2. The van der Waals surface area contributed by atoms with Crippen LogP contribution in [0.5, 0.6) is 0 Å². The average Bonchev–Trinajstić information content (AvgIpc) is 3.11. The van der Waals surface area contributed by atoms with Crippen LogP contribution in [-0.4, -0.2) is 53.7 Å². The Morgan fingerprint density at radius 2 is 1.95 bits per heavy atom. The van der Waals surface area contributed by atoms with Crippen LogP contribution in [0.3, 0.4) is 0 Å². The largest absolute Gasteiger partial charge is 0.444 e. The second-order valence-corrected chi connectivity index (χ2v) is 6.93. The number of carbonyl (C=O) groups is 1. The fourth-order valence-electron chi connectivity index (χ4n) is 2.64. The highest BCUT2D eigenvalue weighted by molar-refractivity contribution is 5.68. The summed E-state index contributed by atoms with van der Waals surface area (Å²) in [7, 11) is 0. The molecular weight excluding hydrogens is 240 g/mol. The van der Waals surface area contributed by atoms with Crippen molar-refractivity contribution < 1.29 is 9.53 Å². The van der Waals surface area contributed by atoms with Crippen molar-refractivity contribution in [2.75, 3.05) is 26.2 Å². The number of piperazine rings is 1. The highest BCUT2D eigenvalue weighted by Gasteiger charge is 2.33. The van der Waals surface area contributed by atoms with E-state index in [9.17, 15) is 4.79 Å². The Balaban J connectivity index is 1.86. The van der Waals surface area contributed by atoms with E-state index in [2.05, 4.69) is 11.8 Å². The lowest BCUT2D eigenvalue weighted by atomic mass is 10.1. The molecule has 0 spiro atoms. The molecule has 0 radical (unpaired) electrons. The van der Waals surface area contributed by atoms with Crippen molar-refractivity contribution in [3.63, 3.8) is 0 Å². The normalized spacial score (nSPS) is 25.5. The molecule has 2 fully saturated rings. The van der Waals surface area contributed by atoms with E-state index in [1.165, 1.54) is 19.4 Å². The summed E-state index contributed by atoms with van der Waals surface area (Å²) >= 11 is 0. The minimum absolute atomic E-state index is 0.156. The molecule has 0 aromatic heterocycles. The van der Waals surface area contributed by atoms with Gasteiger partial charge in [-0.2, -0.15) is 0 Å². The van der Waals surface area contributed by atoms with Crippen LogP contribution in [0.25, 0.3) is 0 Å².